The van der Waals surface area contributed by atoms with Crippen molar-refractivity contribution >= 4 is 35.9 Å². The first-order valence-corrected chi connectivity index (χ1v) is 10.7. The number of anilines is 1. The Labute approximate surface area is 204 Å². The number of carboxylic acid groups (broad SMARTS) is 1. The van der Waals surface area contributed by atoms with Crippen molar-refractivity contribution in [3.8, 4) is 11.1 Å². The molecule has 0 aliphatic heterocycles. The van der Waals surface area contributed by atoms with Gasteiger partial charge in [0.05, 0.1) is 5.56 Å². The van der Waals surface area contributed by atoms with E-state index in [-0.39, 0.29) is 41.3 Å². The third kappa shape index (κ3) is 6.43. The van der Waals surface area contributed by atoms with Crippen molar-refractivity contribution in [2.45, 2.75) is 20.4 Å². The Balaban J connectivity index is 0.00000408. The van der Waals surface area contributed by atoms with Crippen molar-refractivity contribution in [3.63, 3.8) is 0 Å². The van der Waals surface area contributed by atoms with Gasteiger partial charge in [0.15, 0.2) is 0 Å². The highest BCUT2D eigenvalue weighted by molar-refractivity contribution is 6.11. The lowest BCUT2D eigenvalue weighted by Gasteiger charge is -2.14. The lowest BCUT2D eigenvalue weighted by Crippen LogP contribution is -2.27. The molecule has 0 saturated carbocycles. The number of nitrogens with one attached hydrogen (secondary N) is 2. The van der Waals surface area contributed by atoms with Gasteiger partial charge in [-0.25, -0.2) is 4.79 Å². The number of carbonyl (C=O) groups excluding carboxylic acids is 2. The van der Waals surface area contributed by atoms with Crippen molar-refractivity contribution in [1.82, 2.24) is 5.32 Å². The van der Waals surface area contributed by atoms with E-state index < -0.39 is 5.97 Å². The second-order valence-corrected chi connectivity index (χ2v) is 8.07. The third-order valence-corrected chi connectivity index (χ3v) is 5.09. The van der Waals surface area contributed by atoms with Crippen molar-refractivity contribution in [1.29, 1.82) is 0 Å². The number of nitrogens with two attached hydrogens (primary N) is 1. The second-order valence-electron chi connectivity index (χ2n) is 8.07. The zero-order valence-corrected chi connectivity index (χ0v) is 19.8. The first kappa shape index (κ1) is 26.6. The largest absolute Gasteiger partial charge is 0.478 e. The lowest BCUT2D eigenvalue weighted by atomic mass is 9.93. The summed E-state index contributed by atoms with van der Waals surface area (Å²) in [5.41, 5.74) is 8.48. The van der Waals surface area contributed by atoms with E-state index in [1.807, 2.05) is 26.0 Å². The van der Waals surface area contributed by atoms with E-state index in [9.17, 15) is 19.5 Å². The first-order chi connectivity index (χ1) is 15.8. The molecule has 34 heavy (non-hydrogen) atoms. The Morgan fingerprint density at radius 1 is 0.882 bits per heavy atom. The Bertz CT molecular complexity index is 1180. The predicted octanol–water partition coefficient (Wildman–Crippen LogP) is 4.57. The van der Waals surface area contributed by atoms with E-state index in [1.165, 1.54) is 6.07 Å². The highest BCUT2D eigenvalue weighted by Gasteiger charge is 2.20. The molecule has 0 unspecified atom stereocenters. The van der Waals surface area contributed by atoms with E-state index in [0.717, 1.165) is 5.56 Å². The topological polar surface area (TPSA) is 122 Å². The summed E-state index contributed by atoms with van der Waals surface area (Å²) in [5.74, 6) is -1.63. The van der Waals surface area contributed by atoms with Crippen LogP contribution >= 0.6 is 12.4 Å². The molecule has 0 aliphatic rings. The fourth-order valence-corrected chi connectivity index (χ4v) is 3.33. The molecule has 7 nitrogen and oxygen atoms in total. The molecule has 3 rings (SSSR count). The fourth-order valence-electron chi connectivity index (χ4n) is 3.33. The maximum Gasteiger partial charge on any atom is 0.336 e. The van der Waals surface area contributed by atoms with E-state index in [4.69, 9.17) is 5.73 Å². The molecule has 0 saturated heterocycles. The van der Waals surface area contributed by atoms with Gasteiger partial charge < -0.3 is 21.5 Å². The molecule has 0 aromatic heterocycles. The maximum atomic E-state index is 13.0. The molecule has 0 atom stereocenters. The van der Waals surface area contributed by atoms with Crippen LogP contribution in [-0.2, 0) is 6.54 Å². The van der Waals surface area contributed by atoms with Gasteiger partial charge in [-0.15, -0.1) is 12.4 Å². The van der Waals surface area contributed by atoms with Crippen LogP contribution < -0.4 is 16.4 Å². The summed E-state index contributed by atoms with van der Waals surface area (Å²) in [6.07, 6.45) is 0. The Morgan fingerprint density at radius 2 is 1.53 bits per heavy atom. The minimum atomic E-state index is -1.18. The zero-order chi connectivity index (χ0) is 24.0. The van der Waals surface area contributed by atoms with Crippen LogP contribution in [0.3, 0.4) is 0 Å². The fraction of sp³-hybridized carbons (Fsp3) is 0.192. The zero-order valence-electron chi connectivity index (χ0n) is 19.0. The molecule has 178 valence electrons. The molecule has 0 fully saturated rings. The molecular formula is C26H28ClN3O4. The van der Waals surface area contributed by atoms with Gasteiger partial charge in [-0.2, -0.15) is 0 Å². The highest BCUT2D eigenvalue weighted by atomic mass is 35.5. The van der Waals surface area contributed by atoms with Crippen LogP contribution in [0.1, 0.15) is 50.5 Å². The molecule has 0 bridgehead atoms. The third-order valence-electron chi connectivity index (χ3n) is 5.09. The number of aromatic carboxylic acids is 1. The van der Waals surface area contributed by atoms with Gasteiger partial charge >= 0.3 is 5.97 Å². The van der Waals surface area contributed by atoms with Gasteiger partial charge in [0.25, 0.3) is 11.8 Å². The molecule has 0 spiro atoms. The van der Waals surface area contributed by atoms with Crippen LogP contribution in [0, 0.1) is 5.92 Å². The van der Waals surface area contributed by atoms with Crippen molar-refractivity contribution < 1.29 is 19.5 Å². The highest BCUT2D eigenvalue weighted by Crippen LogP contribution is 2.29. The van der Waals surface area contributed by atoms with Gasteiger partial charge in [-0.1, -0.05) is 50.2 Å². The van der Waals surface area contributed by atoms with E-state index in [2.05, 4.69) is 10.6 Å². The summed E-state index contributed by atoms with van der Waals surface area (Å²) in [6, 6.07) is 18.4. The quantitative estimate of drug-likeness (QED) is 0.375. The molecule has 8 heteroatoms. The summed E-state index contributed by atoms with van der Waals surface area (Å²) in [4.78, 5) is 37.5. The summed E-state index contributed by atoms with van der Waals surface area (Å²) in [5, 5.41) is 15.4. The number of halogens is 1. The summed E-state index contributed by atoms with van der Waals surface area (Å²) in [7, 11) is 0. The van der Waals surface area contributed by atoms with Crippen LogP contribution in [0.5, 0.6) is 0 Å². The molecule has 3 aromatic rings. The number of carboxylic acids is 1. The number of rotatable bonds is 8. The molecule has 0 radical (unpaired) electrons. The van der Waals surface area contributed by atoms with Gasteiger partial charge in [-0.05, 0) is 52.9 Å². The lowest BCUT2D eigenvalue weighted by molar-refractivity contribution is 0.0697. The number of benzene rings is 3. The minimum Gasteiger partial charge on any atom is -0.478 e. The molecule has 3 aromatic carbocycles. The SMILES string of the molecule is CC(C)CNC(=O)c1ccc(-c2ccccc2C(=O)Nc2ccc(CN)cc2)c(C(=O)O)c1.Cl. The average molecular weight is 482 g/mol. The van der Waals surface area contributed by atoms with Crippen LogP contribution in [0.15, 0.2) is 66.7 Å². The predicted molar refractivity (Wildman–Crippen MR) is 136 cm³/mol. The summed E-state index contributed by atoms with van der Waals surface area (Å²) < 4.78 is 0. The Hall–Kier alpha value is -3.68. The smallest absolute Gasteiger partial charge is 0.336 e. The molecule has 5 N–H and O–H groups in total. The van der Waals surface area contributed by atoms with Crippen LogP contribution in [0.2, 0.25) is 0 Å². The van der Waals surface area contributed by atoms with Gasteiger partial charge in [0, 0.05) is 29.9 Å². The first-order valence-electron chi connectivity index (χ1n) is 10.7. The maximum absolute atomic E-state index is 13.0. The number of amides is 2. The van der Waals surface area contributed by atoms with Gasteiger partial charge in [-0.3, -0.25) is 9.59 Å². The van der Waals surface area contributed by atoms with Crippen molar-refractivity contribution in [3.05, 3.63) is 89.0 Å². The standard InChI is InChI=1S/C26H27N3O4.ClH/c1-16(2)15-28-24(30)18-9-12-21(23(13-18)26(32)33)20-5-3-4-6-22(20)25(31)29-19-10-7-17(14-27)8-11-19;/h3-13,16H,14-15,27H2,1-2H3,(H,28,30)(H,29,31)(H,32,33);1H. The molecule has 0 heterocycles. The molecule has 2 amide bonds. The normalized spacial score (nSPS) is 10.4. The Morgan fingerprint density at radius 3 is 2.15 bits per heavy atom. The van der Waals surface area contributed by atoms with Crippen LogP contribution in [0.25, 0.3) is 11.1 Å². The number of carbonyl (C=O) groups is 3. The van der Waals surface area contributed by atoms with Crippen molar-refractivity contribution in [2.24, 2.45) is 11.7 Å². The van der Waals surface area contributed by atoms with Crippen LogP contribution in [-0.4, -0.2) is 29.4 Å². The van der Waals surface area contributed by atoms with Crippen LogP contribution in [0.4, 0.5) is 5.69 Å². The minimum absolute atomic E-state index is 0. The number of hydrogen-bond acceptors (Lipinski definition) is 4. The van der Waals surface area contributed by atoms with E-state index in [0.29, 0.717) is 35.5 Å². The second kappa shape index (κ2) is 12.0. The molecular weight excluding hydrogens is 454 g/mol. The Kier molecular flexibility index (Phi) is 9.36. The molecule has 0 aliphatic carbocycles. The number of hydrogen-bond donors (Lipinski definition) is 4. The summed E-state index contributed by atoms with van der Waals surface area (Å²) in [6.45, 7) is 4.83. The van der Waals surface area contributed by atoms with E-state index >= 15 is 0 Å². The van der Waals surface area contributed by atoms with E-state index in [1.54, 1.807) is 48.5 Å². The average Bonchev–Trinajstić information content (AvgIpc) is 2.82. The van der Waals surface area contributed by atoms with Gasteiger partial charge in [0.1, 0.15) is 0 Å². The monoisotopic (exact) mass is 481 g/mol. The summed E-state index contributed by atoms with van der Waals surface area (Å²) >= 11 is 0. The van der Waals surface area contributed by atoms with Gasteiger partial charge in [0.2, 0.25) is 0 Å². The van der Waals surface area contributed by atoms with Crippen molar-refractivity contribution in [2.75, 3.05) is 11.9 Å².